The van der Waals surface area contributed by atoms with Gasteiger partial charge < -0.3 is 29.4 Å². The van der Waals surface area contributed by atoms with Crippen molar-refractivity contribution in [2.45, 2.75) is 211 Å². The molecule has 0 radical (unpaired) electrons. The van der Waals surface area contributed by atoms with Gasteiger partial charge in [0.15, 0.2) is 28.2 Å². The average molecular weight is 2260 g/mol. The number of alkyl carbamates (subject to hydrolysis) is 1. The fraction of sp³-hybridized carbons (Fsp3) is 0.349. The van der Waals surface area contributed by atoms with E-state index in [0.717, 1.165) is 65.6 Å². The maximum Gasteiger partial charge on any atom is 0.407 e. The van der Waals surface area contributed by atoms with Gasteiger partial charge in [0, 0.05) is 13.0 Å². The number of hydrogen-bond acceptors (Lipinski definition) is 33. The Bertz CT molecular complexity index is 6780. The molecule has 59 heteroatoms. The zero-order chi connectivity index (χ0) is 113. The zero-order valence-electron chi connectivity index (χ0n) is 78.9. The number of aliphatic hydroxyl groups excluding tert-OH is 1. The Morgan fingerprint density at radius 3 is 1.04 bits per heavy atom. The van der Waals surface area contributed by atoms with Crippen molar-refractivity contribution in [2.75, 3.05) is 24.7 Å². The highest BCUT2D eigenvalue weighted by molar-refractivity contribution is 7.88. The predicted octanol–water partition coefficient (Wildman–Crippen LogP) is 12.5. The molecule has 0 spiro atoms. The Balaban J connectivity index is -0.00000154. The van der Waals surface area contributed by atoms with Gasteiger partial charge in [-0.25, -0.2) is 26.7 Å². The minimum atomic E-state index is -5.52. The van der Waals surface area contributed by atoms with Crippen LogP contribution in [0.1, 0.15) is 178 Å². The van der Waals surface area contributed by atoms with Crippen molar-refractivity contribution in [3.05, 3.63) is 242 Å². The lowest BCUT2D eigenvalue weighted by Crippen LogP contribution is -2.36. The van der Waals surface area contributed by atoms with E-state index in [0.29, 0.717) is 44.9 Å². The largest absolute Gasteiger partial charge is 0.466 e. The summed E-state index contributed by atoms with van der Waals surface area (Å²) in [6, 6.07) is 34.5. The number of nitrogens with one attached hydrogen (secondary N) is 1. The first-order chi connectivity index (χ1) is 66.3. The molecule has 0 unspecified atom stereocenters. The van der Waals surface area contributed by atoms with Crippen LogP contribution < -0.4 is 5.32 Å². The molecule has 0 aromatic heterocycles. The van der Waals surface area contributed by atoms with Crippen LogP contribution in [0.5, 0.6) is 0 Å². The van der Waals surface area contributed by atoms with Crippen molar-refractivity contribution < 1.29 is 214 Å². The lowest BCUT2D eigenvalue weighted by atomic mass is 9.89. The van der Waals surface area contributed by atoms with Crippen LogP contribution in [0.3, 0.4) is 0 Å². The summed E-state index contributed by atoms with van der Waals surface area (Å²) in [6.07, 6.45) is 7.21. The van der Waals surface area contributed by atoms with Crippen LogP contribution in [0.25, 0.3) is 6.08 Å². The van der Waals surface area contributed by atoms with Crippen molar-refractivity contribution in [3.63, 3.8) is 0 Å². The smallest absolute Gasteiger partial charge is 0.407 e. The summed E-state index contributed by atoms with van der Waals surface area (Å²) in [6.45, 7) is 25.4. The first kappa shape index (κ1) is 138. The molecule has 0 saturated heterocycles. The van der Waals surface area contributed by atoms with Crippen LogP contribution in [0.4, 0.5) is 26.7 Å². The van der Waals surface area contributed by atoms with E-state index in [4.69, 9.17) is 70.0 Å². The number of esters is 1. The third-order valence-corrected chi connectivity index (χ3v) is 26.4. The van der Waals surface area contributed by atoms with Gasteiger partial charge in [-0.2, -0.15) is 103 Å². The molecule has 810 valence electrons. The van der Waals surface area contributed by atoms with Crippen LogP contribution in [0.15, 0.2) is 185 Å². The van der Waals surface area contributed by atoms with E-state index in [2.05, 4.69) is 40.0 Å². The molecule has 0 heterocycles. The number of aryl methyl sites for hydroxylation is 5. The summed E-state index contributed by atoms with van der Waals surface area (Å²) < 4.78 is 381. The van der Waals surface area contributed by atoms with Crippen LogP contribution in [-0.4, -0.2) is 203 Å². The van der Waals surface area contributed by atoms with Crippen LogP contribution in [-0.2, 0) is 174 Å². The van der Waals surface area contributed by atoms with Gasteiger partial charge in [0.05, 0.1) is 60.7 Å². The molecule has 0 bridgehead atoms. The molecule has 0 atom stereocenters. The van der Waals surface area contributed by atoms with Gasteiger partial charge in [-0.3, -0.25) is 59.9 Å². The van der Waals surface area contributed by atoms with Gasteiger partial charge in [-0.05, 0) is 206 Å². The summed E-state index contributed by atoms with van der Waals surface area (Å²) in [5.41, 5.74) is 8.43. The highest BCUT2D eigenvalue weighted by Crippen LogP contribution is 2.36. The SMILES string of the molecule is C=Cc1ccc(S(=O)(=O)O)cc1.CC(=O)OCCCS(=O)(=O)O.CC(C)c1cc(C(C)C)c(S(=O)(=O)O)c(C(C)C)c1.Cc1cc(C)c(S(=O)(=O)O)c(C)c1.Cc1cc(C)cc(S(=O)(=O)O)c1.O=C(NC1CCCCC1)OCCCS(=O)(=O)O.O=C=O.O=C=O.O=COCc1cc(COC=O)cc(S(=O)(=O)O)c1.O=S(=O)(O)c1c(F)c(F)c(F)c(F)c1F.O=S(=O)(O)c1ccc(CO)cc1.O=S(=O)(O)c1ccccc1. The third-order valence-electron chi connectivity index (χ3n) is 17.5. The number of benzene rings is 8. The number of hydrogen-bond donors (Lipinski definition) is 12. The average Bonchev–Trinajstić information content (AvgIpc) is 0.776. The van der Waals surface area contributed by atoms with Crippen molar-refractivity contribution in [1.29, 1.82) is 0 Å². The van der Waals surface area contributed by atoms with Gasteiger partial charge in [0.1, 0.15) is 18.1 Å². The van der Waals surface area contributed by atoms with Crippen molar-refractivity contribution in [3.8, 4) is 0 Å². The number of carbonyl (C=O) groups is 4. The number of halogens is 5. The molecule has 1 aliphatic rings. The summed E-state index contributed by atoms with van der Waals surface area (Å²) in [5, 5.41) is 11.4. The van der Waals surface area contributed by atoms with E-state index in [-0.39, 0.29) is 135 Å². The minimum absolute atomic E-state index is 0.00164. The standard InChI is InChI=1S/C15H24O3S.C10H19NO5S.C10H10O7S.C9H12O3S.C8H10O3S.C8H8O3S.C7H8O4S.C6HF5O3S.C6H6O3S.C5H10O5S.2CO2/c1-9(2)12-7-13(10(3)4)15(19(16,17)18)14(8-12)11(5)6;12-10(11-9-5-2-1-3-6-9)16-7-4-8-17(13,14)15;11-6-16-4-8-1-9(5-17-7-12)3-10(2-8)18(13,14)15;1-6-4-7(2)9(8(3)5-6)13(10,11)12;1-6-3-7(2)5-8(4-6)12(9,10)11;1-2-7-3-5-8(6-4-7)12(9,10)11;8-5-6-1-3-7(4-2-6)12(9,10)11;7-1-2(8)4(10)6(15(12,13)14)5(11)3(1)9;7-10(8,9)6-4-2-1-3-5-6;1-5(6)10-3-2-4-11(7,8)9;2*2-1-3/h7-11H,1-6H3,(H,16,17,18);9H,1-8H2,(H,11,12)(H,13,14,15);1-3,6-7H,4-5H2,(H,13,14,15);4-5H,1-3H3,(H,10,11,12);3-5H,1-2H3,(H,9,10,11);2-6H,1H2,(H,9,10,11);1-4,8H,5H2,(H,9,10,11);(H,12,13,14);1-5H,(H,7,8,9);2-4H2,1H3,(H,7,8,9);;. The maximum absolute atomic E-state index is 12.6. The highest BCUT2D eigenvalue weighted by Gasteiger charge is 2.33. The molecule has 1 saturated carbocycles. The van der Waals surface area contributed by atoms with Gasteiger partial charge in [0.2, 0.25) is 5.82 Å². The number of aliphatic hydroxyl groups is 1. The molecule has 8 aromatic rings. The summed E-state index contributed by atoms with van der Waals surface area (Å²) in [7, 11) is -42.3. The summed E-state index contributed by atoms with van der Waals surface area (Å²) >= 11 is 0. The van der Waals surface area contributed by atoms with Crippen LogP contribution in [0.2, 0.25) is 0 Å². The topological polar surface area (TPSA) is 749 Å². The first-order valence-electron chi connectivity index (χ1n) is 40.6. The molecule has 0 aliphatic heterocycles. The number of ether oxygens (including phenoxy) is 4. The van der Waals surface area contributed by atoms with Crippen molar-refractivity contribution in [2.24, 2.45) is 0 Å². The van der Waals surface area contributed by atoms with Crippen molar-refractivity contribution >= 4 is 145 Å². The third kappa shape index (κ3) is 58.6. The monoisotopic (exact) mass is 2260 g/mol. The molecular weight excluding hydrogens is 2150 g/mol. The van der Waals surface area contributed by atoms with E-state index in [1.807, 2.05) is 52.8 Å². The number of rotatable bonds is 28. The quantitative estimate of drug-likeness (QED) is 0.00317. The molecule has 12 N–H and O–H groups in total. The minimum Gasteiger partial charge on any atom is -0.466 e. The predicted molar refractivity (Wildman–Crippen MR) is 504 cm³/mol. The maximum atomic E-state index is 12.6. The van der Waals surface area contributed by atoms with Crippen molar-refractivity contribution in [1.82, 2.24) is 5.32 Å². The second kappa shape index (κ2) is 64.6. The Morgan fingerprint density at radius 2 is 0.738 bits per heavy atom. The Kier molecular flexibility index (Phi) is 61.4. The second-order valence-corrected chi connectivity index (χ2v) is 44.7. The number of carbonyl (C=O) groups excluding carboxylic acids is 8. The number of amides is 1. The Morgan fingerprint density at radius 1 is 0.407 bits per heavy atom. The Labute approximate surface area is 835 Å². The second-order valence-electron chi connectivity index (χ2n) is 30.3. The first-order valence-corrected chi connectivity index (χ1v) is 55.4. The molecule has 9 rings (SSSR count). The zero-order valence-corrected chi connectivity index (χ0v) is 87.0. The lowest BCUT2D eigenvalue weighted by Gasteiger charge is -2.22. The fourth-order valence-corrected chi connectivity index (χ4v) is 17.9. The molecule has 1 fully saturated rings. The van der Waals surface area contributed by atoms with E-state index in [9.17, 15) is 130 Å². The van der Waals surface area contributed by atoms with Crippen LogP contribution in [0, 0.1) is 63.7 Å². The summed E-state index contributed by atoms with van der Waals surface area (Å²) in [5.74, 6) is -13.4. The molecule has 145 heavy (non-hydrogen) atoms. The fourth-order valence-electron chi connectivity index (χ4n) is 11.4. The van der Waals surface area contributed by atoms with E-state index < -0.39 is 147 Å². The van der Waals surface area contributed by atoms with Gasteiger partial charge >= 0.3 is 34.5 Å². The Hall–Kier alpha value is -11.4. The highest BCUT2D eigenvalue weighted by atomic mass is 32.3. The molecular formula is C86H108F5NO43S10. The van der Waals surface area contributed by atoms with Gasteiger partial charge in [-0.1, -0.05) is 152 Å². The lowest BCUT2D eigenvalue weighted by molar-refractivity contribution is -0.193. The van der Waals surface area contributed by atoms with Gasteiger partial charge in [-0.15, -0.1) is 0 Å². The molecule has 8 aromatic carbocycles. The molecule has 1 aliphatic carbocycles. The van der Waals surface area contributed by atoms with E-state index >= 15 is 0 Å². The molecule has 1 amide bonds. The van der Waals surface area contributed by atoms with E-state index in [1.165, 1.54) is 80.1 Å². The molecule has 44 nitrogen and oxygen atoms in total. The van der Waals surface area contributed by atoms with Crippen LogP contribution >= 0.6 is 0 Å². The van der Waals surface area contributed by atoms with Gasteiger partial charge in [0.25, 0.3) is 104 Å². The summed E-state index contributed by atoms with van der Waals surface area (Å²) in [4.78, 5) is 71.1. The normalized spacial score (nSPS) is 11.9. The van der Waals surface area contributed by atoms with E-state index in [1.54, 1.807) is 76.2 Å².